The van der Waals surface area contributed by atoms with Crippen LogP contribution in [0.15, 0.2) is 25.6 Å². The molecule has 0 aliphatic rings. The highest BCUT2D eigenvalue weighted by atomic mass is 79.9. The molecule has 120 valence electrons. The first-order valence-corrected chi connectivity index (χ1v) is 11.2. The second kappa shape index (κ2) is 7.99. The van der Waals surface area contributed by atoms with Gasteiger partial charge < -0.3 is 4.74 Å². The summed E-state index contributed by atoms with van der Waals surface area (Å²) in [5.74, 6) is 0.553. The van der Waals surface area contributed by atoms with Crippen LogP contribution in [0.1, 0.15) is 26.7 Å². The Balaban J connectivity index is 2.98. The van der Waals surface area contributed by atoms with E-state index in [1.165, 1.54) is 0 Å². The number of ether oxygens (including phenoxy) is 1. The van der Waals surface area contributed by atoms with Crippen molar-refractivity contribution in [2.45, 2.75) is 26.7 Å². The summed E-state index contributed by atoms with van der Waals surface area (Å²) >= 11 is 10.3. The first-order valence-electron chi connectivity index (χ1n) is 6.32. The third-order valence-corrected chi connectivity index (χ3v) is 6.38. The van der Waals surface area contributed by atoms with Gasteiger partial charge in [-0.2, -0.15) is 0 Å². The highest BCUT2D eigenvalue weighted by molar-refractivity contribution is 9.11. The van der Waals surface area contributed by atoms with Gasteiger partial charge in [-0.15, -0.1) is 0 Å². The summed E-state index contributed by atoms with van der Waals surface area (Å²) in [7, 11) is 1.86. The fraction of sp³-hybridized carbons (Fsp3) is 0.538. The van der Waals surface area contributed by atoms with Gasteiger partial charge in [-0.25, -0.2) is 8.42 Å². The number of rotatable bonds is 7. The van der Waals surface area contributed by atoms with Crippen LogP contribution >= 0.6 is 58.5 Å². The zero-order chi connectivity index (χ0) is 16.3. The number of halogens is 4. The van der Waals surface area contributed by atoms with Crippen molar-refractivity contribution >= 4 is 67.5 Å². The van der Waals surface area contributed by atoms with Gasteiger partial charge in [-0.3, -0.25) is 0 Å². The zero-order valence-corrected chi connectivity index (χ0v) is 18.0. The lowest BCUT2D eigenvalue weighted by Gasteiger charge is -2.30. The van der Waals surface area contributed by atoms with Crippen molar-refractivity contribution in [3.63, 3.8) is 0 Å². The molecule has 0 aliphatic heterocycles. The van der Waals surface area contributed by atoms with Crippen molar-refractivity contribution < 1.29 is 13.2 Å². The van der Waals surface area contributed by atoms with Gasteiger partial charge in [-0.05, 0) is 56.8 Å². The van der Waals surface area contributed by atoms with E-state index in [0.29, 0.717) is 18.6 Å². The molecule has 1 aromatic rings. The van der Waals surface area contributed by atoms with E-state index < -0.39 is 14.5 Å². The molecule has 1 rings (SSSR count). The van der Waals surface area contributed by atoms with E-state index in [9.17, 15) is 8.42 Å². The molecule has 8 heteroatoms. The van der Waals surface area contributed by atoms with Gasteiger partial charge in [0.25, 0.3) is 0 Å². The summed E-state index contributed by atoms with van der Waals surface area (Å²) in [6.07, 6.45) is 1.34. The Hall–Kier alpha value is 0.700. The third kappa shape index (κ3) is 6.01. The monoisotopic (exact) mass is 524 g/mol. The lowest BCUT2D eigenvalue weighted by molar-refractivity contribution is 0.153. The first-order chi connectivity index (χ1) is 9.62. The van der Waals surface area contributed by atoms with Crippen molar-refractivity contribution in [1.29, 1.82) is 0 Å². The summed E-state index contributed by atoms with van der Waals surface area (Å²) in [5.41, 5.74) is -0.494. The average Bonchev–Trinajstić information content (AvgIpc) is 2.34. The lowest BCUT2D eigenvalue weighted by atomic mass is 9.85. The Morgan fingerprint density at radius 1 is 1.14 bits per heavy atom. The highest BCUT2D eigenvalue weighted by Gasteiger charge is 2.33. The van der Waals surface area contributed by atoms with Crippen LogP contribution in [0, 0.1) is 5.41 Å². The third-order valence-electron chi connectivity index (χ3n) is 3.46. The lowest BCUT2D eigenvalue weighted by Crippen LogP contribution is -2.33. The summed E-state index contributed by atoms with van der Waals surface area (Å²) < 4.78 is 31.2. The molecule has 0 fully saturated rings. The Morgan fingerprint density at radius 2 is 1.62 bits per heavy atom. The van der Waals surface area contributed by atoms with E-state index >= 15 is 0 Å². The maximum absolute atomic E-state index is 11.4. The second-order valence-corrected chi connectivity index (χ2v) is 10.3. The van der Waals surface area contributed by atoms with Crippen LogP contribution in [-0.4, -0.2) is 20.8 Å². The van der Waals surface area contributed by atoms with Crippen LogP contribution in [0.3, 0.4) is 0 Å². The Bertz CT molecular complexity index is 578. The number of benzene rings is 1. The van der Waals surface area contributed by atoms with E-state index in [1.807, 2.05) is 26.0 Å². The topological polar surface area (TPSA) is 43.4 Å². The molecule has 0 unspecified atom stereocenters. The SMILES string of the molecule is CCC(CC)(COc1c(Br)cc(Br)cc1Br)CS(=O)(=O)Cl. The van der Waals surface area contributed by atoms with Crippen molar-refractivity contribution in [2.75, 3.05) is 12.4 Å². The van der Waals surface area contributed by atoms with E-state index in [4.69, 9.17) is 15.4 Å². The molecule has 0 aromatic heterocycles. The molecular weight excluding hydrogens is 511 g/mol. The fourth-order valence-corrected chi connectivity index (χ4v) is 6.36. The standard InChI is InChI=1S/C13H16Br3ClO3S/c1-3-13(4-2,8-21(17,18)19)7-20-12-10(15)5-9(14)6-11(12)16/h5-6H,3-4,7-8H2,1-2H3. The van der Waals surface area contributed by atoms with E-state index in [0.717, 1.165) is 13.4 Å². The Morgan fingerprint density at radius 3 is 2.00 bits per heavy atom. The second-order valence-electron chi connectivity index (χ2n) is 4.88. The van der Waals surface area contributed by atoms with Crippen molar-refractivity contribution in [3.8, 4) is 5.75 Å². The maximum Gasteiger partial charge on any atom is 0.233 e. The van der Waals surface area contributed by atoms with E-state index in [-0.39, 0.29) is 12.4 Å². The normalized spacial score (nSPS) is 12.5. The van der Waals surface area contributed by atoms with Crippen molar-refractivity contribution in [2.24, 2.45) is 5.41 Å². The molecule has 0 N–H and O–H groups in total. The van der Waals surface area contributed by atoms with Crippen LogP contribution in [-0.2, 0) is 9.05 Å². The van der Waals surface area contributed by atoms with Gasteiger partial charge in [0.1, 0.15) is 5.75 Å². The summed E-state index contributed by atoms with van der Waals surface area (Å²) in [6.45, 7) is 4.17. The smallest absolute Gasteiger partial charge is 0.233 e. The molecule has 0 spiro atoms. The summed E-state index contributed by atoms with van der Waals surface area (Å²) in [6, 6.07) is 3.75. The maximum atomic E-state index is 11.4. The molecule has 0 atom stereocenters. The van der Waals surface area contributed by atoms with Gasteiger partial charge >= 0.3 is 0 Å². The summed E-state index contributed by atoms with van der Waals surface area (Å²) in [5, 5.41) is 0. The minimum Gasteiger partial charge on any atom is -0.491 e. The van der Waals surface area contributed by atoms with Crippen molar-refractivity contribution in [1.82, 2.24) is 0 Å². The van der Waals surface area contributed by atoms with Gasteiger partial charge in [0.2, 0.25) is 9.05 Å². The largest absolute Gasteiger partial charge is 0.491 e. The predicted octanol–water partition coefficient (Wildman–Crippen LogP) is 5.73. The predicted molar refractivity (Wildman–Crippen MR) is 97.7 cm³/mol. The minimum absolute atomic E-state index is 0.0969. The van der Waals surface area contributed by atoms with Gasteiger partial charge in [0.05, 0.1) is 21.3 Å². The van der Waals surface area contributed by atoms with Crippen LogP contribution in [0.4, 0.5) is 0 Å². The number of hydrogen-bond donors (Lipinski definition) is 0. The highest BCUT2D eigenvalue weighted by Crippen LogP contribution is 2.38. The molecule has 1 aromatic carbocycles. The Kier molecular flexibility index (Phi) is 7.52. The quantitative estimate of drug-likeness (QED) is 0.426. The van der Waals surface area contributed by atoms with Crippen molar-refractivity contribution in [3.05, 3.63) is 25.6 Å². The summed E-state index contributed by atoms with van der Waals surface area (Å²) in [4.78, 5) is 0. The molecule has 0 amide bonds. The fourth-order valence-electron chi connectivity index (χ4n) is 1.96. The van der Waals surface area contributed by atoms with Crippen LogP contribution in [0.2, 0.25) is 0 Å². The van der Waals surface area contributed by atoms with E-state index in [1.54, 1.807) is 0 Å². The molecule has 21 heavy (non-hydrogen) atoms. The Labute approximate surface area is 155 Å². The molecule has 0 radical (unpaired) electrons. The molecule has 0 saturated carbocycles. The number of hydrogen-bond acceptors (Lipinski definition) is 3. The van der Waals surface area contributed by atoms with Gasteiger partial charge in [-0.1, -0.05) is 29.8 Å². The molecule has 0 saturated heterocycles. The first kappa shape index (κ1) is 19.7. The minimum atomic E-state index is -3.58. The molecule has 0 heterocycles. The van der Waals surface area contributed by atoms with Gasteiger partial charge in [0, 0.05) is 20.6 Å². The van der Waals surface area contributed by atoms with Crippen LogP contribution in [0.25, 0.3) is 0 Å². The van der Waals surface area contributed by atoms with E-state index in [2.05, 4.69) is 47.8 Å². The van der Waals surface area contributed by atoms with Gasteiger partial charge in [0.15, 0.2) is 0 Å². The zero-order valence-electron chi connectivity index (χ0n) is 11.6. The van der Waals surface area contributed by atoms with Crippen LogP contribution < -0.4 is 4.74 Å². The average molecular weight is 528 g/mol. The molecule has 0 bridgehead atoms. The molecular formula is C13H16Br3ClO3S. The van der Waals surface area contributed by atoms with Crippen LogP contribution in [0.5, 0.6) is 5.75 Å². The molecule has 0 aliphatic carbocycles. The molecule has 3 nitrogen and oxygen atoms in total.